The Bertz CT molecular complexity index is 358. The highest BCUT2D eigenvalue weighted by molar-refractivity contribution is 5.98. The lowest BCUT2D eigenvalue weighted by atomic mass is 10.1. The predicted molar refractivity (Wildman–Crippen MR) is 84.8 cm³/mol. The van der Waals surface area contributed by atoms with Gasteiger partial charge in [-0.05, 0) is 51.7 Å². The van der Waals surface area contributed by atoms with E-state index in [0.717, 1.165) is 18.4 Å². The van der Waals surface area contributed by atoms with E-state index in [4.69, 9.17) is 4.74 Å². The molecule has 0 amide bonds. The van der Waals surface area contributed by atoms with Crippen molar-refractivity contribution in [3.05, 3.63) is 23.8 Å². The Morgan fingerprint density at radius 1 is 1.25 bits per heavy atom. The molecule has 20 heavy (non-hydrogen) atoms. The number of unbranched alkanes of at least 4 members (excludes halogenated alkanes) is 4. The normalized spacial score (nSPS) is 19.9. The number of carbonyl (C=O) groups is 1. The Morgan fingerprint density at radius 3 is 2.65 bits per heavy atom. The maximum atomic E-state index is 11.9. The summed E-state index contributed by atoms with van der Waals surface area (Å²) in [6.45, 7) is 8.31. The van der Waals surface area contributed by atoms with Crippen molar-refractivity contribution >= 4 is 5.78 Å². The zero-order valence-electron chi connectivity index (χ0n) is 13.6. The molecule has 0 fully saturated rings. The van der Waals surface area contributed by atoms with E-state index < -0.39 is 0 Å². The molecule has 1 unspecified atom stereocenters. The van der Waals surface area contributed by atoms with Gasteiger partial charge in [0.05, 0.1) is 11.7 Å². The standard InChI is InChI=1S/C18H30O2/c1-5-6-7-8-9-10-11-12-15-13-16(14-17(15)19)20-18(2,3)4/h10-11,13,16H,5-9,12,14H2,1-4H3/b11-10-. The fourth-order valence-corrected chi connectivity index (χ4v) is 2.42. The monoisotopic (exact) mass is 278 g/mol. The van der Waals surface area contributed by atoms with Gasteiger partial charge in [-0.3, -0.25) is 4.79 Å². The fourth-order valence-electron chi connectivity index (χ4n) is 2.42. The number of ketones is 1. The van der Waals surface area contributed by atoms with Gasteiger partial charge in [0.1, 0.15) is 0 Å². The van der Waals surface area contributed by atoms with Crippen molar-refractivity contribution in [2.45, 2.75) is 84.3 Å². The molecule has 1 aliphatic rings. The number of ether oxygens (including phenoxy) is 1. The Hall–Kier alpha value is -0.890. The summed E-state index contributed by atoms with van der Waals surface area (Å²) < 4.78 is 5.85. The maximum Gasteiger partial charge on any atom is 0.161 e. The van der Waals surface area contributed by atoms with Crippen LogP contribution in [0.2, 0.25) is 0 Å². The fraction of sp³-hybridized carbons (Fsp3) is 0.722. The average Bonchev–Trinajstić information content (AvgIpc) is 2.66. The van der Waals surface area contributed by atoms with E-state index in [2.05, 4.69) is 19.1 Å². The summed E-state index contributed by atoms with van der Waals surface area (Å²) in [5.74, 6) is 0.245. The second kappa shape index (κ2) is 8.41. The summed E-state index contributed by atoms with van der Waals surface area (Å²) in [6.07, 6.45) is 13.9. The molecule has 0 aromatic heterocycles. The van der Waals surface area contributed by atoms with Crippen LogP contribution >= 0.6 is 0 Å². The molecule has 1 rings (SSSR count). The van der Waals surface area contributed by atoms with Crippen LogP contribution in [0, 0.1) is 0 Å². The highest BCUT2D eigenvalue weighted by Gasteiger charge is 2.27. The number of rotatable bonds is 8. The molecule has 0 saturated carbocycles. The SMILES string of the molecule is CCCCCC/C=C\CC1=CC(OC(C)(C)C)CC1=O. The Kier molecular flexibility index (Phi) is 7.22. The third-order valence-electron chi connectivity index (χ3n) is 3.37. The largest absolute Gasteiger partial charge is 0.368 e. The van der Waals surface area contributed by atoms with Gasteiger partial charge in [-0.25, -0.2) is 0 Å². The van der Waals surface area contributed by atoms with Crippen molar-refractivity contribution < 1.29 is 9.53 Å². The van der Waals surface area contributed by atoms with Crippen LogP contribution in [0.4, 0.5) is 0 Å². The molecule has 0 aromatic rings. The molecule has 2 heteroatoms. The van der Waals surface area contributed by atoms with E-state index in [9.17, 15) is 4.79 Å². The van der Waals surface area contributed by atoms with Crippen LogP contribution in [0.25, 0.3) is 0 Å². The summed E-state index contributed by atoms with van der Waals surface area (Å²) in [6, 6.07) is 0. The molecule has 0 aliphatic heterocycles. The van der Waals surface area contributed by atoms with Gasteiger partial charge < -0.3 is 4.74 Å². The first-order valence-corrected chi connectivity index (χ1v) is 7.99. The second-order valence-corrected chi connectivity index (χ2v) is 6.61. The molecule has 0 N–H and O–H groups in total. The minimum absolute atomic E-state index is 0.0320. The van der Waals surface area contributed by atoms with Gasteiger partial charge in [0.2, 0.25) is 0 Å². The zero-order chi connectivity index (χ0) is 15.0. The molecule has 0 heterocycles. The van der Waals surface area contributed by atoms with Gasteiger partial charge in [0.15, 0.2) is 5.78 Å². The number of Topliss-reactive ketones (excluding diaryl/α,β-unsaturated/α-hetero) is 1. The summed E-state index contributed by atoms with van der Waals surface area (Å²) in [5.41, 5.74) is 0.732. The summed E-state index contributed by atoms with van der Waals surface area (Å²) in [4.78, 5) is 11.9. The Labute approximate surface area is 124 Å². The van der Waals surface area contributed by atoms with Gasteiger partial charge in [-0.15, -0.1) is 0 Å². The van der Waals surface area contributed by atoms with Crippen molar-refractivity contribution in [3.8, 4) is 0 Å². The second-order valence-electron chi connectivity index (χ2n) is 6.61. The lowest BCUT2D eigenvalue weighted by Gasteiger charge is -2.23. The highest BCUT2D eigenvalue weighted by atomic mass is 16.5. The van der Waals surface area contributed by atoms with Crippen molar-refractivity contribution in [3.63, 3.8) is 0 Å². The molecular formula is C18H30O2. The third kappa shape index (κ3) is 7.04. The van der Waals surface area contributed by atoms with Crippen LogP contribution in [-0.4, -0.2) is 17.5 Å². The minimum atomic E-state index is -0.188. The molecule has 0 bridgehead atoms. The smallest absolute Gasteiger partial charge is 0.161 e. The van der Waals surface area contributed by atoms with Crippen LogP contribution in [0.3, 0.4) is 0 Å². The van der Waals surface area contributed by atoms with Gasteiger partial charge in [0.25, 0.3) is 0 Å². The minimum Gasteiger partial charge on any atom is -0.368 e. The first-order valence-electron chi connectivity index (χ1n) is 7.99. The highest BCUT2D eigenvalue weighted by Crippen LogP contribution is 2.24. The molecule has 0 saturated heterocycles. The van der Waals surface area contributed by atoms with Crippen molar-refractivity contribution in [1.82, 2.24) is 0 Å². The number of carbonyl (C=O) groups excluding carboxylic acids is 1. The van der Waals surface area contributed by atoms with E-state index in [1.165, 1.54) is 25.7 Å². The number of hydrogen-bond donors (Lipinski definition) is 0. The summed E-state index contributed by atoms with van der Waals surface area (Å²) >= 11 is 0. The van der Waals surface area contributed by atoms with Crippen LogP contribution in [0.1, 0.15) is 72.6 Å². The molecule has 1 atom stereocenters. The third-order valence-corrected chi connectivity index (χ3v) is 3.37. The Balaban J connectivity index is 2.30. The van der Waals surface area contributed by atoms with Crippen molar-refractivity contribution in [2.75, 3.05) is 0 Å². The summed E-state index contributed by atoms with van der Waals surface area (Å²) in [5, 5.41) is 0. The van der Waals surface area contributed by atoms with E-state index in [1.807, 2.05) is 26.8 Å². The lowest BCUT2D eigenvalue weighted by molar-refractivity contribution is -0.118. The van der Waals surface area contributed by atoms with E-state index in [-0.39, 0.29) is 17.5 Å². The maximum absolute atomic E-state index is 11.9. The van der Waals surface area contributed by atoms with E-state index in [0.29, 0.717) is 6.42 Å². The molecule has 1 aliphatic carbocycles. The molecule has 0 spiro atoms. The first kappa shape index (κ1) is 17.2. The molecule has 0 aromatic carbocycles. The summed E-state index contributed by atoms with van der Waals surface area (Å²) in [7, 11) is 0. The van der Waals surface area contributed by atoms with Gasteiger partial charge in [-0.1, -0.05) is 38.3 Å². The number of allylic oxidation sites excluding steroid dienone is 3. The van der Waals surface area contributed by atoms with Crippen LogP contribution in [0.15, 0.2) is 23.8 Å². The van der Waals surface area contributed by atoms with Gasteiger partial charge in [-0.2, -0.15) is 0 Å². The quantitative estimate of drug-likeness (QED) is 0.462. The van der Waals surface area contributed by atoms with E-state index in [1.54, 1.807) is 0 Å². The Morgan fingerprint density at radius 2 is 2.00 bits per heavy atom. The van der Waals surface area contributed by atoms with E-state index >= 15 is 0 Å². The molecular weight excluding hydrogens is 248 g/mol. The first-order chi connectivity index (χ1) is 9.42. The van der Waals surface area contributed by atoms with Gasteiger partial charge >= 0.3 is 0 Å². The molecule has 0 radical (unpaired) electrons. The zero-order valence-corrected chi connectivity index (χ0v) is 13.6. The lowest BCUT2D eigenvalue weighted by Crippen LogP contribution is -2.25. The van der Waals surface area contributed by atoms with Crippen LogP contribution in [0.5, 0.6) is 0 Å². The van der Waals surface area contributed by atoms with Gasteiger partial charge in [0, 0.05) is 6.42 Å². The van der Waals surface area contributed by atoms with Crippen molar-refractivity contribution in [2.24, 2.45) is 0 Å². The topological polar surface area (TPSA) is 26.3 Å². The van der Waals surface area contributed by atoms with Crippen molar-refractivity contribution in [1.29, 1.82) is 0 Å². The number of hydrogen-bond acceptors (Lipinski definition) is 2. The molecule has 2 nitrogen and oxygen atoms in total. The molecule has 114 valence electrons. The van der Waals surface area contributed by atoms with Crippen LogP contribution < -0.4 is 0 Å². The average molecular weight is 278 g/mol. The predicted octanol–water partition coefficient (Wildman–Crippen LogP) is 4.99. The van der Waals surface area contributed by atoms with Crippen LogP contribution in [-0.2, 0) is 9.53 Å².